The summed E-state index contributed by atoms with van der Waals surface area (Å²) in [6, 6.07) is 6.52. The molecule has 0 aliphatic rings. The van der Waals surface area contributed by atoms with Gasteiger partial charge in [0.1, 0.15) is 5.82 Å². The van der Waals surface area contributed by atoms with Gasteiger partial charge in [-0.2, -0.15) is 0 Å². The summed E-state index contributed by atoms with van der Waals surface area (Å²) < 4.78 is 13.3. The van der Waals surface area contributed by atoms with E-state index in [4.69, 9.17) is 5.11 Å². The average Bonchev–Trinajstić information content (AvgIpc) is 2.30. The monoisotopic (exact) mass is 271 g/mol. The van der Waals surface area contributed by atoms with E-state index in [1.165, 1.54) is 22.7 Å². The molecule has 1 rings (SSSR count). The number of benzene rings is 1. The van der Waals surface area contributed by atoms with Crippen LogP contribution in [-0.2, 0) is 4.79 Å². The Kier molecular flexibility index (Phi) is 6.15. The summed E-state index contributed by atoms with van der Waals surface area (Å²) in [4.78, 5) is 13.7. The molecule has 0 saturated carbocycles. The molecule has 3 nitrogen and oxygen atoms in total. The minimum atomic E-state index is -0.529. The highest BCUT2D eigenvalue weighted by Crippen LogP contribution is 2.21. The summed E-state index contributed by atoms with van der Waals surface area (Å²) in [6.07, 6.45) is -0.194. The highest BCUT2D eigenvalue weighted by Gasteiger charge is 2.11. The summed E-state index contributed by atoms with van der Waals surface area (Å²) in [5.41, 5.74) is 0. The van der Waals surface area contributed by atoms with E-state index in [0.29, 0.717) is 23.6 Å². The van der Waals surface area contributed by atoms with Gasteiger partial charge < -0.3 is 10.0 Å². The van der Waals surface area contributed by atoms with Gasteiger partial charge in [-0.15, -0.1) is 11.8 Å². The quantitative estimate of drug-likeness (QED) is 0.806. The van der Waals surface area contributed by atoms with Crippen molar-refractivity contribution in [3.8, 4) is 0 Å². The fourth-order valence-electron chi connectivity index (χ4n) is 1.50. The molecule has 0 heterocycles. The normalized spacial score (nSPS) is 12.2. The van der Waals surface area contributed by atoms with Crippen molar-refractivity contribution < 1.29 is 14.3 Å². The zero-order chi connectivity index (χ0) is 13.5. The van der Waals surface area contributed by atoms with E-state index in [1.54, 1.807) is 32.2 Å². The summed E-state index contributed by atoms with van der Waals surface area (Å²) in [7, 11) is 1.66. The van der Waals surface area contributed by atoms with Gasteiger partial charge in [-0.25, -0.2) is 4.39 Å². The highest BCUT2D eigenvalue weighted by atomic mass is 32.2. The van der Waals surface area contributed by atoms with Gasteiger partial charge in [0.15, 0.2) is 0 Å². The highest BCUT2D eigenvalue weighted by molar-refractivity contribution is 7.99. The number of likely N-dealkylation sites (N-methyl/N-ethyl adjacent to an activating group) is 1. The third-order valence-corrected chi connectivity index (χ3v) is 3.42. The molecule has 1 aromatic rings. The first-order chi connectivity index (χ1) is 8.50. The molecular weight excluding hydrogens is 253 g/mol. The van der Waals surface area contributed by atoms with Crippen molar-refractivity contribution in [3.05, 3.63) is 30.1 Å². The van der Waals surface area contributed by atoms with Crippen LogP contribution in [0.25, 0.3) is 0 Å². The lowest BCUT2D eigenvalue weighted by Crippen LogP contribution is -2.33. The van der Waals surface area contributed by atoms with E-state index < -0.39 is 6.10 Å². The van der Waals surface area contributed by atoms with E-state index in [2.05, 4.69) is 0 Å². The maximum Gasteiger partial charge on any atom is 0.223 e. The zero-order valence-corrected chi connectivity index (χ0v) is 11.4. The first kappa shape index (κ1) is 15.0. The molecule has 1 unspecified atom stereocenters. The number of hydrogen-bond acceptors (Lipinski definition) is 3. The SMILES string of the molecule is CC(O)CN(C)C(=O)CCSc1ccccc1F. The van der Waals surface area contributed by atoms with E-state index in [1.807, 2.05) is 0 Å². The molecule has 0 radical (unpaired) electrons. The maximum atomic E-state index is 13.3. The minimum absolute atomic E-state index is 0.0419. The van der Waals surface area contributed by atoms with Crippen molar-refractivity contribution in [2.45, 2.75) is 24.3 Å². The topological polar surface area (TPSA) is 40.5 Å². The minimum Gasteiger partial charge on any atom is -0.392 e. The largest absolute Gasteiger partial charge is 0.392 e. The van der Waals surface area contributed by atoms with Crippen molar-refractivity contribution in [2.75, 3.05) is 19.3 Å². The average molecular weight is 271 g/mol. The van der Waals surface area contributed by atoms with Crippen LogP contribution in [-0.4, -0.2) is 41.4 Å². The third kappa shape index (κ3) is 5.06. The summed E-state index contributed by atoms with van der Waals surface area (Å²) in [5.74, 6) is 0.233. The van der Waals surface area contributed by atoms with Crippen LogP contribution >= 0.6 is 11.8 Å². The van der Waals surface area contributed by atoms with E-state index in [9.17, 15) is 9.18 Å². The third-order valence-electron chi connectivity index (χ3n) is 2.37. The second kappa shape index (κ2) is 7.38. The molecule has 0 aliphatic carbocycles. The smallest absolute Gasteiger partial charge is 0.223 e. The molecule has 1 N–H and O–H groups in total. The molecular formula is C13H18FNO2S. The van der Waals surface area contributed by atoms with Crippen LogP contribution in [0, 0.1) is 5.82 Å². The Bertz CT molecular complexity index is 398. The van der Waals surface area contributed by atoms with Crippen molar-refractivity contribution in [1.29, 1.82) is 0 Å². The lowest BCUT2D eigenvalue weighted by molar-refractivity contribution is -0.130. The molecule has 0 saturated heterocycles. The van der Waals surface area contributed by atoms with Crippen molar-refractivity contribution >= 4 is 17.7 Å². The molecule has 1 atom stereocenters. The van der Waals surface area contributed by atoms with Gasteiger partial charge in [0, 0.05) is 30.7 Å². The van der Waals surface area contributed by atoms with Gasteiger partial charge in [0.05, 0.1) is 6.10 Å². The number of aliphatic hydroxyl groups is 1. The fraction of sp³-hybridized carbons (Fsp3) is 0.462. The Morgan fingerprint density at radius 3 is 2.78 bits per heavy atom. The predicted molar refractivity (Wildman–Crippen MR) is 71.1 cm³/mol. The summed E-state index contributed by atoms with van der Waals surface area (Å²) >= 11 is 1.33. The number of aliphatic hydroxyl groups excluding tert-OH is 1. The van der Waals surface area contributed by atoms with Crippen LogP contribution in [0.5, 0.6) is 0 Å². The van der Waals surface area contributed by atoms with Crippen LogP contribution in [0.15, 0.2) is 29.2 Å². The van der Waals surface area contributed by atoms with E-state index >= 15 is 0 Å². The fourth-order valence-corrected chi connectivity index (χ4v) is 2.38. The first-order valence-electron chi connectivity index (χ1n) is 5.80. The predicted octanol–water partition coefficient (Wildman–Crippen LogP) is 2.15. The van der Waals surface area contributed by atoms with Gasteiger partial charge in [0.2, 0.25) is 5.91 Å². The number of thioether (sulfide) groups is 1. The zero-order valence-electron chi connectivity index (χ0n) is 10.6. The molecule has 18 heavy (non-hydrogen) atoms. The molecule has 5 heteroatoms. The van der Waals surface area contributed by atoms with Crippen LogP contribution < -0.4 is 0 Å². The van der Waals surface area contributed by atoms with Crippen LogP contribution in [0.3, 0.4) is 0 Å². The molecule has 0 bridgehead atoms. The molecule has 100 valence electrons. The van der Waals surface area contributed by atoms with Crippen molar-refractivity contribution in [2.24, 2.45) is 0 Å². The molecule has 0 fully saturated rings. The number of carbonyl (C=O) groups excluding carboxylic acids is 1. The van der Waals surface area contributed by atoms with Crippen LogP contribution in [0.4, 0.5) is 4.39 Å². The van der Waals surface area contributed by atoms with Gasteiger partial charge >= 0.3 is 0 Å². The lowest BCUT2D eigenvalue weighted by atomic mass is 10.3. The van der Waals surface area contributed by atoms with Gasteiger partial charge in [0.25, 0.3) is 0 Å². The number of hydrogen-bond donors (Lipinski definition) is 1. The van der Waals surface area contributed by atoms with Gasteiger partial charge in [-0.3, -0.25) is 4.79 Å². The second-order valence-electron chi connectivity index (χ2n) is 4.15. The van der Waals surface area contributed by atoms with Gasteiger partial charge in [-0.1, -0.05) is 12.1 Å². The maximum absolute atomic E-state index is 13.3. The number of rotatable bonds is 6. The standard InChI is InChI=1S/C13H18FNO2S/c1-10(16)9-15(2)13(17)7-8-18-12-6-4-3-5-11(12)14/h3-6,10,16H,7-9H2,1-2H3. The van der Waals surface area contributed by atoms with Crippen LogP contribution in [0.2, 0.25) is 0 Å². The molecule has 0 spiro atoms. The van der Waals surface area contributed by atoms with Crippen molar-refractivity contribution in [1.82, 2.24) is 4.90 Å². The summed E-state index contributed by atoms with van der Waals surface area (Å²) in [5, 5.41) is 9.16. The number of carbonyl (C=O) groups is 1. The Morgan fingerprint density at radius 1 is 1.50 bits per heavy atom. The molecule has 0 aliphatic heterocycles. The van der Waals surface area contributed by atoms with E-state index in [0.717, 1.165) is 0 Å². The Labute approximate surface area is 111 Å². The second-order valence-corrected chi connectivity index (χ2v) is 5.29. The Balaban J connectivity index is 2.34. The van der Waals surface area contributed by atoms with Gasteiger partial charge in [-0.05, 0) is 19.1 Å². The Morgan fingerprint density at radius 2 is 2.17 bits per heavy atom. The summed E-state index contributed by atoms with van der Waals surface area (Å²) in [6.45, 7) is 1.96. The molecule has 1 aromatic carbocycles. The van der Waals surface area contributed by atoms with Crippen molar-refractivity contribution in [3.63, 3.8) is 0 Å². The lowest BCUT2D eigenvalue weighted by Gasteiger charge is -2.18. The molecule has 0 aromatic heterocycles. The van der Waals surface area contributed by atoms with E-state index in [-0.39, 0.29) is 11.7 Å². The first-order valence-corrected chi connectivity index (χ1v) is 6.78. The molecule has 1 amide bonds. The number of nitrogens with zero attached hydrogens (tertiary/aromatic N) is 1. The van der Waals surface area contributed by atoms with Crippen LogP contribution in [0.1, 0.15) is 13.3 Å². The number of amides is 1. The number of halogens is 1. The Hall–Kier alpha value is -1.07.